The fourth-order valence-corrected chi connectivity index (χ4v) is 4.28. The molecule has 3 amide bonds. The van der Waals surface area contributed by atoms with Crippen molar-refractivity contribution in [1.82, 2.24) is 4.90 Å². The predicted octanol–water partition coefficient (Wildman–Crippen LogP) is 3.86. The van der Waals surface area contributed by atoms with Crippen molar-refractivity contribution in [2.45, 2.75) is 0 Å². The van der Waals surface area contributed by atoms with Gasteiger partial charge in [0, 0.05) is 11.8 Å². The lowest BCUT2D eigenvalue weighted by atomic mass is 10.2. The summed E-state index contributed by atoms with van der Waals surface area (Å²) in [6.07, 6.45) is 1.60. The molecule has 2 heterocycles. The number of methoxy groups -OCH3 is 1. The number of imide groups is 1. The minimum absolute atomic E-state index is 0.126. The molecule has 0 saturated carbocycles. The Labute approximate surface area is 184 Å². The molecule has 2 aromatic carbocycles. The number of carbonyl (C=O) groups excluding carboxylic acids is 3. The van der Waals surface area contributed by atoms with E-state index in [0.29, 0.717) is 22.9 Å². The number of thioether (sulfide) groups is 1. The molecule has 2 aliphatic heterocycles. The van der Waals surface area contributed by atoms with E-state index in [2.05, 4.69) is 21.2 Å². The highest BCUT2D eigenvalue weighted by molar-refractivity contribution is 9.10. The van der Waals surface area contributed by atoms with Gasteiger partial charge in [0.2, 0.25) is 12.7 Å². The molecule has 2 aromatic rings. The van der Waals surface area contributed by atoms with Gasteiger partial charge in [0.1, 0.15) is 12.3 Å². The molecule has 8 nitrogen and oxygen atoms in total. The Morgan fingerprint density at radius 2 is 2.03 bits per heavy atom. The molecule has 0 atom stereocenters. The molecule has 0 radical (unpaired) electrons. The molecular weight excluding hydrogens is 476 g/mol. The molecule has 0 aliphatic carbocycles. The lowest BCUT2D eigenvalue weighted by Crippen LogP contribution is -2.36. The number of ether oxygens (including phenoxy) is 3. The second-order valence-corrected chi connectivity index (χ2v) is 8.13. The van der Waals surface area contributed by atoms with E-state index in [1.165, 1.54) is 0 Å². The topological polar surface area (TPSA) is 94.2 Å². The second-order valence-electron chi connectivity index (χ2n) is 6.28. The summed E-state index contributed by atoms with van der Waals surface area (Å²) in [4.78, 5) is 38.4. The maximum atomic E-state index is 12.6. The highest BCUT2D eigenvalue weighted by Gasteiger charge is 2.36. The highest BCUT2D eigenvalue weighted by atomic mass is 79.9. The van der Waals surface area contributed by atoms with Gasteiger partial charge in [0.15, 0.2) is 11.5 Å². The monoisotopic (exact) mass is 490 g/mol. The number of rotatable bonds is 5. The summed E-state index contributed by atoms with van der Waals surface area (Å²) in [6, 6.07) is 10.2. The zero-order valence-electron chi connectivity index (χ0n) is 15.6. The van der Waals surface area contributed by atoms with Crippen LogP contribution in [0.4, 0.5) is 10.5 Å². The Kier molecular flexibility index (Phi) is 5.69. The van der Waals surface area contributed by atoms with E-state index in [4.69, 9.17) is 14.2 Å². The van der Waals surface area contributed by atoms with Crippen LogP contribution in [0.1, 0.15) is 5.56 Å². The number of benzene rings is 2. The third-order valence-electron chi connectivity index (χ3n) is 4.31. The van der Waals surface area contributed by atoms with Crippen molar-refractivity contribution in [2.75, 3.05) is 25.8 Å². The van der Waals surface area contributed by atoms with Crippen LogP contribution in [0.5, 0.6) is 17.2 Å². The molecule has 1 N–H and O–H groups in total. The molecule has 30 heavy (non-hydrogen) atoms. The van der Waals surface area contributed by atoms with Gasteiger partial charge >= 0.3 is 0 Å². The number of fused-ring (bicyclic) bond motifs is 1. The number of carbonyl (C=O) groups is 3. The average molecular weight is 491 g/mol. The van der Waals surface area contributed by atoms with Gasteiger partial charge < -0.3 is 19.5 Å². The van der Waals surface area contributed by atoms with Crippen LogP contribution < -0.4 is 19.5 Å². The summed E-state index contributed by atoms with van der Waals surface area (Å²) in [5, 5.41) is 2.15. The van der Waals surface area contributed by atoms with Crippen LogP contribution in [0.3, 0.4) is 0 Å². The molecule has 154 valence electrons. The van der Waals surface area contributed by atoms with Crippen LogP contribution in [0.25, 0.3) is 6.08 Å². The fourth-order valence-electron chi connectivity index (χ4n) is 2.88. The van der Waals surface area contributed by atoms with Crippen LogP contribution in [0.2, 0.25) is 0 Å². The third kappa shape index (κ3) is 4.14. The Balaban J connectivity index is 1.43. The van der Waals surface area contributed by atoms with Crippen LogP contribution in [0.15, 0.2) is 45.8 Å². The summed E-state index contributed by atoms with van der Waals surface area (Å²) >= 11 is 4.18. The lowest BCUT2D eigenvalue weighted by molar-refractivity contribution is -0.127. The summed E-state index contributed by atoms with van der Waals surface area (Å²) < 4.78 is 16.4. The highest BCUT2D eigenvalue weighted by Crippen LogP contribution is 2.35. The van der Waals surface area contributed by atoms with E-state index in [1.807, 2.05) is 0 Å². The van der Waals surface area contributed by atoms with Crippen molar-refractivity contribution in [1.29, 1.82) is 0 Å². The Morgan fingerprint density at radius 1 is 1.23 bits per heavy atom. The molecule has 0 spiro atoms. The zero-order chi connectivity index (χ0) is 21.3. The van der Waals surface area contributed by atoms with Crippen molar-refractivity contribution in [3.05, 3.63) is 51.3 Å². The molecule has 1 saturated heterocycles. The maximum absolute atomic E-state index is 12.6. The first-order valence-corrected chi connectivity index (χ1v) is 10.3. The first kappa shape index (κ1) is 20.3. The van der Waals surface area contributed by atoms with Crippen molar-refractivity contribution in [2.24, 2.45) is 0 Å². The van der Waals surface area contributed by atoms with Gasteiger partial charge in [0.25, 0.3) is 11.1 Å². The molecule has 0 aromatic heterocycles. The molecule has 0 unspecified atom stereocenters. The smallest absolute Gasteiger partial charge is 0.294 e. The van der Waals surface area contributed by atoms with Crippen LogP contribution in [-0.2, 0) is 9.59 Å². The number of anilines is 1. The fraction of sp³-hybridized carbons (Fsp3) is 0.150. The molecule has 1 fully saturated rings. The molecule has 0 bridgehead atoms. The van der Waals surface area contributed by atoms with E-state index in [9.17, 15) is 14.4 Å². The Bertz CT molecular complexity index is 1090. The van der Waals surface area contributed by atoms with E-state index >= 15 is 0 Å². The number of amides is 3. The molecule has 2 aliphatic rings. The second kappa shape index (κ2) is 8.41. The van der Waals surface area contributed by atoms with Crippen LogP contribution in [0, 0.1) is 0 Å². The largest absolute Gasteiger partial charge is 0.496 e. The SMILES string of the molecule is COc1ccc(/C=C2/SC(=O)N(CC(=O)Nc3ccc4c(c3)OCO4)C2=O)cc1Br. The molecular formula is C20H15BrN2O6S. The zero-order valence-corrected chi connectivity index (χ0v) is 18.0. The van der Waals surface area contributed by atoms with Crippen molar-refractivity contribution in [3.8, 4) is 17.2 Å². The van der Waals surface area contributed by atoms with Crippen molar-refractivity contribution >= 4 is 56.5 Å². The number of nitrogens with one attached hydrogen (secondary N) is 1. The first-order valence-electron chi connectivity index (χ1n) is 8.73. The Hall–Kier alpha value is -2.98. The summed E-state index contributed by atoms with van der Waals surface area (Å²) in [7, 11) is 1.56. The summed E-state index contributed by atoms with van der Waals surface area (Å²) in [5.74, 6) is 0.754. The van der Waals surface area contributed by atoms with Gasteiger partial charge in [-0.2, -0.15) is 0 Å². The molecule has 10 heteroatoms. The third-order valence-corrected chi connectivity index (χ3v) is 5.83. The first-order chi connectivity index (χ1) is 14.4. The van der Waals surface area contributed by atoms with E-state index < -0.39 is 17.1 Å². The Morgan fingerprint density at radius 3 is 2.80 bits per heavy atom. The van der Waals surface area contributed by atoms with Crippen molar-refractivity contribution in [3.63, 3.8) is 0 Å². The number of nitrogens with zero attached hydrogens (tertiary/aromatic N) is 1. The predicted molar refractivity (Wildman–Crippen MR) is 115 cm³/mol. The summed E-state index contributed by atoms with van der Waals surface area (Å²) in [5.41, 5.74) is 1.20. The summed E-state index contributed by atoms with van der Waals surface area (Å²) in [6.45, 7) is -0.261. The van der Waals surface area contributed by atoms with Crippen molar-refractivity contribution < 1.29 is 28.6 Å². The minimum Gasteiger partial charge on any atom is -0.496 e. The van der Waals surface area contributed by atoms with Gasteiger partial charge in [-0.1, -0.05) is 6.07 Å². The van der Waals surface area contributed by atoms with E-state index in [-0.39, 0.29) is 18.2 Å². The quantitative estimate of drug-likeness (QED) is 0.635. The van der Waals surface area contributed by atoms with Gasteiger partial charge in [-0.15, -0.1) is 0 Å². The van der Waals surface area contributed by atoms with Gasteiger partial charge in [-0.05, 0) is 63.6 Å². The van der Waals surface area contributed by atoms with Gasteiger partial charge in [-0.25, -0.2) is 0 Å². The molecule has 4 rings (SSSR count). The van der Waals surface area contributed by atoms with E-state index in [1.54, 1.807) is 49.6 Å². The number of halogens is 1. The number of hydrogen-bond donors (Lipinski definition) is 1. The normalized spacial score (nSPS) is 16.3. The van der Waals surface area contributed by atoms with Gasteiger partial charge in [-0.3, -0.25) is 19.3 Å². The maximum Gasteiger partial charge on any atom is 0.294 e. The number of hydrogen-bond acceptors (Lipinski definition) is 7. The van der Waals surface area contributed by atoms with Gasteiger partial charge in [0.05, 0.1) is 16.5 Å². The standard InChI is InChI=1S/C20H15BrN2O6S/c1-27-14-4-2-11(6-13(14)21)7-17-19(25)23(20(26)30-17)9-18(24)22-12-3-5-15-16(8-12)29-10-28-15/h2-8H,9-10H2,1H3,(H,22,24)/b17-7+. The van der Waals surface area contributed by atoms with Crippen LogP contribution in [-0.4, -0.2) is 42.4 Å². The van der Waals surface area contributed by atoms with Crippen LogP contribution >= 0.6 is 27.7 Å². The van der Waals surface area contributed by atoms with E-state index in [0.717, 1.165) is 26.7 Å². The average Bonchev–Trinajstić information content (AvgIpc) is 3.28. The lowest BCUT2D eigenvalue weighted by Gasteiger charge is -2.12. The minimum atomic E-state index is -0.516.